The molecule has 0 fully saturated rings. The normalized spacial score (nSPS) is 13.6. The third-order valence-corrected chi connectivity index (χ3v) is 4.74. The van der Waals surface area contributed by atoms with Gasteiger partial charge in [0.05, 0.1) is 5.56 Å². The molecule has 0 radical (unpaired) electrons. The van der Waals surface area contributed by atoms with E-state index in [1.165, 1.54) is 12.1 Å². The summed E-state index contributed by atoms with van der Waals surface area (Å²) in [5, 5.41) is 8.96. The molecule has 0 saturated carbocycles. The Hall–Kier alpha value is -3.00. The Morgan fingerprint density at radius 2 is 1.89 bits per heavy atom. The highest BCUT2D eigenvalue weighted by molar-refractivity contribution is 9.10. The third-order valence-electron chi connectivity index (χ3n) is 4.25. The molecule has 144 valence electrons. The highest BCUT2D eigenvalue weighted by Gasteiger charge is 2.32. The standard InChI is InChI=1S/C20H17BrN2O5/c1-2-23-18(24)16(22-20(23)27)10-14-9-15(21)7-8-17(14)28-11-12-3-5-13(6-4-12)19(25)26/h3-9H,2,10-11H2,1H3,(H,25,26). The number of halogens is 1. The van der Waals surface area contributed by atoms with Crippen LogP contribution >= 0.6 is 15.9 Å². The summed E-state index contributed by atoms with van der Waals surface area (Å²) in [7, 11) is 0. The van der Waals surface area contributed by atoms with E-state index < -0.39 is 12.0 Å². The van der Waals surface area contributed by atoms with Crippen molar-refractivity contribution in [3.8, 4) is 5.75 Å². The summed E-state index contributed by atoms with van der Waals surface area (Å²) >= 11 is 3.40. The zero-order chi connectivity index (χ0) is 20.3. The van der Waals surface area contributed by atoms with E-state index in [2.05, 4.69) is 20.9 Å². The number of urea groups is 1. The van der Waals surface area contributed by atoms with Crippen molar-refractivity contribution in [2.75, 3.05) is 6.54 Å². The van der Waals surface area contributed by atoms with Gasteiger partial charge in [-0.1, -0.05) is 28.1 Å². The first kappa shape index (κ1) is 19.8. The van der Waals surface area contributed by atoms with Crippen LogP contribution in [0.25, 0.3) is 0 Å². The van der Waals surface area contributed by atoms with E-state index in [0.717, 1.165) is 20.5 Å². The second-order valence-corrected chi connectivity index (χ2v) is 7.03. The van der Waals surface area contributed by atoms with Crippen LogP contribution in [0.4, 0.5) is 4.79 Å². The van der Waals surface area contributed by atoms with Gasteiger partial charge in [0.2, 0.25) is 0 Å². The number of aromatic carboxylic acids is 1. The monoisotopic (exact) mass is 444 g/mol. The molecule has 0 aromatic heterocycles. The van der Waals surface area contributed by atoms with Gasteiger partial charge in [0.15, 0.2) is 0 Å². The van der Waals surface area contributed by atoms with Crippen LogP contribution in [0.2, 0.25) is 0 Å². The van der Waals surface area contributed by atoms with E-state index in [-0.39, 0.29) is 36.8 Å². The number of benzene rings is 2. The first-order valence-electron chi connectivity index (χ1n) is 8.56. The zero-order valence-corrected chi connectivity index (χ0v) is 16.6. The van der Waals surface area contributed by atoms with Crippen LogP contribution < -0.4 is 4.74 Å². The number of aliphatic imine (C=N–C) groups is 1. The molecule has 3 amide bonds. The van der Waals surface area contributed by atoms with E-state index in [1.807, 2.05) is 12.1 Å². The number of carboxylic acids is 1. The highest BCUT2D eigenvalue weighted by atomic mass is 79.9. The minimum absolute atomic E-state index is 0.174. The summed E-state index contributed by atoms with van der Waals surface area (Å²) in [4.78, 5) is 40.0. The number of ether oxygens (including phenoxy) is 1. The second-order valence-electron chi connectivity index (χ2n) is 6.11. The SMILES string of the molecule is CCN1C(=O)N=C(Cc2cc(Br)ccc2OCc2ccc(C(=O)O)cc2)C1=O. The molecule has 1 aliphatic rings. The molecule has 0 saturated heterocycles. The fraction of sp³-hybridized carbons (Fsp3) is 0.200. The van der Waals surface area contributed by atoms with Crippen molar-refractivity contribution >= 4 is 39.5 Å². The number of hydrogen-bond acceptors (Lipinski definition) is 4. The lowest BCUT2D eigenvalue weighted by Gasteiger charge is -2.13. The number of carbonyl (C=O) groups is 3. The van der Waals surface area contributed by atoms with Crippen LogP contribution in [-0.4, -0.2) is 40.2 Å². The minimum Gasteiger partial charge on any atom is -0.489 e. The Kier molecular flexibility index (Phi) is 5.89. The smallest absolute Gasteiger partial charge is 0.350 e. The van der Waals surface area contributed by atoms with Gasteiger partial charge in [-0.2, -0.15) is 4.99 Å². The molecule has 3 rings (SSSR count). The van der Waals surface area contributed by atoms with Gasteiger partial charge in [0, 0.05) is 23.0 Å². The van der Waals surface area contributed by atoms with E-state index >= 15 is 0 Å². The van der Waals surface area contributed by atoms with Gasteiger partial charge in [-0.3, -0.25) is 9.69 Å². The van der Waals surface area contributed by atoms with Crippen molar-refractivity contribution in [2.24, 2.45) is 4.99 Å². The van der Waals surface area contributed by atoms with Crippen LogP contribution in [0.1, 0.15) is 28.4 Å². The molecule has 1 heterocycles. The molecule has 0 aliphatic carbocycles. The molecule has 2 aromatic rings. The molecule has 28 heavy (non-hydrogen) atoms. The van der Waals surface area contributed by atoms with Crippen molar-refractivity contribution < 1.29 is 24.2 Å². The largest absolute Gasteiger partial charge is 0.489 e. The predicted octanol–water partition coefficient (Wildman–Crippen LogP) is 3.69. The lowest BCUT2D eigenvalue weighted by atomic mass is 10.1. The Morgan fingerprint density at radius 1 is 1.18 bits per heavy atom. The quantitative estimate of drug-likeness (QED) is 0.702. The second kappa shape index (κ2) is 8.35. The first-order chi connectivity index (χ1) is 13.4. The zero-order valence-electron chi connectivity index (χ0n) is 15.0. The van der Waals surface area contributed by atoms with E-state index in [4.69, 9.17) is 9.84 Å². The summed E-state index contributed by atoms with van der Waals surface area (Å²) in [5.74, 6) is -0.813. The summed E-state index contributed by atoms with van der Waals surface area (Å²) in [5.41, 5.74) is 1.91. The maximum Gasteiger partial charge on any atom is 0.350 e. The van der Waals surface area contributed by atoms with Crippen molar-refractivity contribution in [1.82, 2.24) is 4.90 Å². The Bertz CT molecular complexity index is 969. The van der Waals surface area contributed by atoms with Crippen molar-refractivity contribution in [2.45, 2.75) is 20.0 Å². The van der Waals surface area contributed by atoms with Gasteiger partial charge in [-0.15, -0.1) is 0 Å². The summed E-state index contributed by atoms with van der Waals surface area (Å²) < 4.78 is 6.68. The Balaban J connectivity index is 1.76. The lowest BCUT2D eigenvalue weighted by Crippen LogP contribution is -2.32. The number of nitrogens with zero attached hydrogens (tertiary/aromatic N) is 2. The minimum atomic E-state index is -0.986. The average Bonchev–Trinajstić information content (AvgIpc) is 2.94. The molecule has 1 N–H and O–H groups in total. The molecule has 1 aliphatic heterocycles. The maximum atomic E-state index is 12.3. The Labute approximate surface area is 169 Å². The highest BCUT2D eigenvalue weighted by Crippen LogP contribution is 2.26. The molecule has 0 unspecified atom stereocenters. The lowest BCUT2D eigenvalue weighted by molar-refractivity contribution is -0.120. The van der Waals surface area contributed by atoms with Crippen LogP contribution in [0, 0.1) is 0 Å². The summed E-state index contributed by atoms with van der Waals surface area (Å²) in [6.45, 7) is 2.23. The molecule has 0 spiro atoms. The Morgan fingerprint density at radius 3 is 2.50 bits per heavy atom. The molecule has 0 atom stereocenters. The first-order valence-corrected chi connectivity index (χ1v) is 9.35. The molecule has 7 nitrogen and oxygen atoms in total. The van der Waals surface area contributed by atoms with Gasteiger partial charge >= 0.3 is 12.0 Å². The van der Waals surface area contributed by atoms with Crippen molar-refractivity contribution in [1.29, 1.82) is 0 Å². The third kappa shape index (κ3) is 4.28. The number of carbonyl (C=O) groups excluding carboxylic acids is 2. The van der Waals surface area contributed by atoms with E-state index in [0.29, 0.717) is 5.75 Å². The van der Waals surface area contributed by atoms with Crippen LogP contribution in [0.15, 0.2) is 51.9 Å². The van der Waals surface area contributed by atoms with Crippen molar-refractivity contribution in [3.63, 3.8) is 0 Å². The molecule has 2 aromatic carbocycles. The number of amides is 3. The van der Waals surface area contributed by atoms with Gasteiger partial charge in [0.1, 0.15) is 18.1 Å². The van der Waals surface area contributed by atoms with Gasteiger partial charge in [0.25, 0.3) is 5.91 Å². The topological polar surface area (TPSA) is 96.3 Å². The number of hydrogen-bond donors (Lipinski definition) is 1. The summed E-state index contributed by atoms with van der Waals surface area (Å²) in [6, 6.07) is 11.3. The van der Waals surface area contributed by atoms with E-state index in [1.54, 1.807) is 25.1 Å². The number of imide groups is 1. The van der Waals surface area contributed by atoms with Gasteiger partial charge < -0.3 is 9.84 Å². The number of rotatable bonds is 7. The van der Waals surface area contributed by atoms with Gasteiger partial charge in [-0.25, -0.2) is 9.59 Å². The molecular weight excluding hydrogens is 428 g/mol. The fourth-order valence-electron chi connectivity index (χ4n) is 2.77. The van der Waals surface area contributed by atoms with Crippen LogP contribution in [0.3, 0.4) is 0 Å². The maximum absolute atomic E-state index is 12.3. The molecule has 8 heteroatoms. The van der Waals surface area contributed by atoms with E-state index in [9.17, 15) is 14.4 Å². The van der Waals surface area contributed by atoms with Crippen LogP contribution in [0.5, 0.6) is 5.75 Å². The average molecular weight is 445 g/mol. The summed E-state index contributed by atoms with van der Waals surface area (Å²) in [6.07, 6.45) is 0.174. The predicted molar refractivity (Wildman–Crippen MR) is 106 cm³/mol. The molecular formula is C20H17BrN2O5. The van der Waals surface area contributed by atoms with Crippen molar-refractivity contribution in [3.05, 3.63) is 63.6 Å². The number of carboxylic acid groups (broad SMARTS) is 1. The molecule has 0 bridgehead atoms. The fourth-order valence-corrected chi connectivity index (χ4v) is 3.18. The van der Waals surface area contributed by atoms with Gasteiger partial charge in [-0.05, 0) is 42.8 Å². The van der Waals surface area contributed by atoms with Crippen LogP contribution in [-0.2, 0) is 17.8 Å².